The van der Waals surface area contributed by atoms with Crippen molar-refractivity contribution in [3.05, 3.63) is 23.8 Å². The second kappa shape index (κ2) is 10.5. The van der Waals surface area contributed by atoms with Gasteiger partial charge in [0, 0.05) is 6.42 Å². The zero-order valence-electron chi connectivity index (χ0n) is 17.5. The number of rotatable bonds is 9. The maximum atomic E-state index is 12.5. The molecule has 5 heteroatoms. The fourth-order valence-corrected chi connectivity index (χ4v) is 3.59. The largest absolute Gasteiger partial charge is 0.493 e. The summed E-state index contributed by atoms with van der Waals surface area (Å²) in [6, 6.07) is 5.82. The summed E-state index contributed by atoms with van der Waals surface area (Å²) in [5.74, 6) is 3.08. The standard InChI is InChI=1S/C22H36N2O3/c1-15(2)14-27-20-7-6-19(13-21(20)26-5)17(4)24-22(25)12-16(3)18-8-10-23-11-9-18/h6-7,13,15-18,23H,8-12,14H2,1-5H3,(H,24,25). The molecule has 2 atom stereocenters. The third-order valence-electron chi connectivity index (χ3n) is 5.33. The van der Waals surface area contributed by atoms with Crippen LogP contribution in [0.1, 0.15) is 58.6 Å². The van der Waals surface area contributed by atoms with E-state index in [4.69, 9.17) is 9.47 Å². The summed E-state index contributed by atoms with van der Waals surface area (Å²) in [4.78, 5) is 12.5. The highest BCUT2D eigenvalue weighted by Gasteiger charge is 2.23. The molecule has 1 fully saturated rings. The van der Waals surface area contributed by atoms with Crippen molar-refractivity contribution in [1.29, 1.82) is 0 Å². The van der Waals surface area contributed by atoms with Crippen molar-refractivity contribution in [2.24, 2.45) is 17.8 Å². The van der Waals surface area contributed by atoms with Crippen LogP contribution in [0, 0.1) is 17.8 Å². The van der Waals surface area contributed by atoms with Crippen molar-refractivity contribution in [2.45, 2.75) is 53.0 Å². The van der Waals surface area contributed by atoms with Crippen molar-refractivity contribution in [3.8, 4) is 11.5 Å². The summed E-state index contributed by atoms with van der Waals surface area (Å²) in [5.41, 5.74) is 1.02. The average molecular weight is 377 g/mol. The van der Waals surface area contributed by atoms with Crippen LogP contribution in [-0.4, -0.2) is 32.7 Å². The first-order valence-corrected chi connectivity index (χ1v) is 10.2. The quantitative estimate of drug-likeness (QED) is 0.685. The van der Waals surface area contributed by atoms with E-state index >= 15 is 0 Å². The lowest BCUT2D eigenvalue weighted by Gasteiger charge is -2.28. The number of nitrogens with one attached hydrogen (secondary N) is 2. The SMILES string of the molecule is COc1cc(C(C)NC(=O)CC(C)C2CCNCC2)ccc1OCC(C)C. The zero-order valence-corrected chi connectivity index (χ0v) is 17.5. The van der Waals surface area contributed by atoms with Crippen LogP contribution in [0.25, 0.3) is 0 Å². The van der Waals surface area contributed by atoms with E-state index in [2.05, 4.69) is 31.4 Å². The van der Waals surface area contributed by atoms with E-state index in [9.17, 15) is 4.79 Å². The number of amides is 1. The van der Waals surface area contributed by atoms with Gasteiger partial charge in [-0.05, 0) is 68.3 Å². The molecule has 1 aromatic carbocycles. The van der Waals surface area contributed by atoms with Crippen LogP contribution in [0.2, 0.25) is 0 Å². The summed E-state index contributed by atoms with van der Waals surface area (Å²) < 4.78 is 11.3. The molecule has 0 radical (unpaired) electrons. The Morgan fingerprint density at radius 1 is 1.19 bits per heavy atom. The third-order valence-corrected chi connectivity index (χ3v) is 5.33. The van der Waals surface area contributed by atoms with Gasteiger partial charge in [-0.1, -0.05) is 26.8 Å². The van der Waals surface area contributed by atoms with Crippen molar-refractivity contribution >= 4 is 5.91 Å². The van der Waals surface area contributed by atoms with Crippen molar-refractivity contribution < 1.29 is 14.3 Å². The van der Waals surface area contributed by atoms with E-state index in [1.54, 1.807) is 7.11 Å². The van der Waals surface area contributed by atoms with Crippen molar-refractivity contribution in [3.63, 3.8) is 0 Å². The van der Waals surface area contributed by atoms with Gasteiger partial charge in [-0.3, -0.25) is 4.79 Å². The van der Waals surface area contributed by atoms with E-state index in [1.807, 2.05) is 25.1 Å². The molecule has 1 aliphatic heterocycles. The molecule has 1 heterocycles. The Labute approximate surface area is 164 Å². The summed E-state index contributed by atoms with van der Waals surface area (Å²) >= 11 is 0. The minimum Gasteiger partial charge on any atom is -0.493 e. The number of hydrogen-bond acceptors (Lipinski definition) is 4. The first-order valence-electron chi connectivity index (χ1n) is 10.2. The summed E-state index contributed by atoms with van der Waals surface area (Å²) in [6.45, 7) is 11.2. The van der Waals surface area contributed by atoms with Crippen LogP contribution in [0.15, 0.2) is 18.2 Å². The summed E-state index contributed by atoms with van der Waals surface area (Å²) in [6.07, 6.45) is 2.92. The van der Waals surface area contributed by atoms with E-state index < -0.39 is 0 Å². The lowest BCUT2D eigenvalue weighted by molar-refractivity contribution is -0.123. The molecule has 0 spiro atoms. The van der Waals surface area contributed by atoms with Gasteiger partial charge in [-0.25, -0.2) is 0 Å². The minimum atomic E-state index is -0.0641. The van der Waals surface area contributed by atoms with Gasteiger partial charge in [0.05, 0.1) is 19.8 Å². The molecule has 1 aliphatic rings. The highest BCUT2D eigenvalue weighted by Crippen LogP contribution is 2.31. The fraction of sp³-hybridized carbons (Fsp3) is 0.682. The Morgan fingerprint density at radius 2 is 1.89 bits per heavy atom. The molecule has 1 aromatic rings. The van der Waals surface area contributed by atoms with Gasteiger partial charge in [0.2, 0.25) is 5.91 Å². The molecule has 1 saturated heterocycles. The third kappa shape index (κ3) is 6.73. The Hall–Kier alpha value is -1.75. The zero-order chi connectivity index (χ0) is 19.8. The van der Waals surface area contributed by atoms with Gasteiger partial charge < -0.3 is 20.1 Å². The van der Waals surface area contributed by atoms with Crippen molar-refractivity contribution in [2.75, 3.05) is 26.8 Å². The number of carbonyl (C=O) groups excluding carboxylic acids is 1. The molecule has 2 N–H and O–H groups in total. The molecule has 0 bridgehead atoms. The molecule has 2 unspecified atom stereocenters. The van der Waals surface area contributed by atoms with Crippen LogP contribution in [0.3, 0.4) is 0 Å². The highest BCUT2D eigenvalue weighted by molar-refractivity contribution is 5.76. The monoisotopic (exact) mass is 376 g/mol. The molecular weight excluding hydrogens is 340 g/mol. The van der Waals surface area contributed by atoms with Crippen LogP contribution in [0.4, 0.5) is 0 Å². The molecule has 152 valence electrons. The second-order valence-corrected chi connectivity index (χ2v) is 8.17. The topological polar surface area (TPSA) is 59.6 Å². The van der Waals surface area contributed by atoms with Crippen LogP contribution >= 0.6 is 0 Å². The number of hydrogen-bond donors (Lipinski definition) is 2. The number of carbonyl (C=O) groups is 1. The lowest BCUT2D eigenvalue weighted by Crippen LogP contribution is -2.34. The maximum absolute atomic E-state index is 12.5. The number of benzene rings is 1. The van der Waals surface area contributed by atoms with Crippen LogP contribution in [0.5, 0.6) is 11.5 Å². The fourth-order valence-electron chi connectivity index (χ4n) is 3.59. The molecular formula is C22H36N2O3. The molecule has 1 amide bonds. The van der Waals surface area contributed by atoms with Gasteiger partial charge in [-0.2, -0.15) is 0 Å². The van der Waals surface area contributed by atoms with Gasteiger partial charge in [0.25, 0.3) is 0 Å². The average Bonchev–Trinajstić information content (AvgIpc) is 2.66. The Balaban J connectivity index is 1.91. The predicted octanol–water partition coefficient (Wildman–Crippen LogP) is 3.93. The summed E-state index contributed by atoms with van der Waals surface area (Å²) in [7, 11) is 1.64. The predicted molar refractivity (Wildman–Crippen MR) is 109 cm³/mol. The molecule has 2 rings (SSSR count). The molecule has 27 heavy (non-hydrogen) atoms. The van der Waals surface area contributed by atoms with E-state index in [-0.39, 0.29) is 11.9 Å². The van der Waals surface area contributed by atoms with Gasteiger partial charge in [0.15, 0.2) is 11.5 Å². The number of ether oxygens (including phenoxy) is 2. The minimum absolute atomic E-state index is 0.0641. The number of piperidine rings is 1. The Morgan fingerprint density at radius 3 is 2.52 bits per heavy atom. The normalized spacial score (nSPS) is 17.4. The van der Waals surface area contributed by atoms with Crippen LogP contribution < -0.4 is 20.1 Å². The van der Waals surface area contributed by atoms with Gasteiger partial charge in [0.1, 0.15) is 0 Å². The number of methoxy groups -OCH3 is 1. The van der Waals surface area contributed by atoms with E-state index in [0.717, 1.165) is 24.4 Å². The van der Waals surface area contributed by atoms with Crippen LogP contribution in [-0.2, 0) is 4.79 Å². The Bertz CT molecular complexity index is 597. The molecule has 0 aliphatic carbocycles. The first-order chi connectivity index (χ1) is 12.9. The Kier molecular flexibility index (Phi) is 8.42. The summed E-state index contributed by atoms with van der Waals surface area (Å²) in [5, 5.41) is 6.52. The molecule has 5 nitrogen and oxygen atoms in total. The van der Waals surface area contributed by atoms with Crippen molar-refractivity contribution in [1.82, 2.24) is 10.6 Å². The lowest BCUT2D eigenvalue weighted by atomic mass is 9.84. The van der Waals surface area contributed by atoms with E-state index in [1.165, 1.54) is 12.8 Å². The highest BCUT2D eigenvalue weighted by atomic mass is 16.5. The molecule has 0 aromatic heterocycles. The smallest absolute Gasteiger partial charge is 0.220 e. The van der Waals surface area contributed by atoms with Gasteiger partial charge >= 0.3 is 0 Å². The van der Waals surface area contributed by atoms with Gasteiger partial charge in [-0.15, -0.1) is 0 Å². The second-order valence-electron chi connectivity index (χ2n) is 8.17. The first kappa shape index (κ1) is 21.5. The van der Waals surface area contributed by atoms with E-state index in [0.29, 0.717) is 36.5 Å². The molecule has 0 saturated carbocycles. The maximum Gasteiger partial charge on any atom is 0.220 e.